The van der Waals surface area contributed by atoms with Crippen LogP contribution >= 0.6 is 15.9 Å². The van der Waals surface area contributed by atoms with Crippen LogP contribution in [0.15, 0.2) is 45.7 Å². The maximum absolute atomic E-state index is 12.7. The normalized spacial score (nSPS) is 13.6. The zero-order chi connectivity index (χ0) is 13.3. The van der Waals surface area contributed by atoms with E-state index in [4.69, 9.17) is 4.42 Å². The summed E-state index contributed by atoms with van der Waals surface area (Å²) in [7, 11) is 0. The molecule has 1 unspecified atom stereocenters. The molecule has 0 aliphatic rings. The fraction of sp³-hybridized carbons (Fsp3) is 0.167. The van der Waals surface area contributed by atoms with Gasteiger partial charge < -0.3 is 9.52 Å². The predicted molar refractivity (Wildman–Crippen MR) is 61.9 cm³/mol. The summed E-state index contributed by atoms with van der Waals surface area (Å²) in [6.45, 7) is 0. The molecule has 0 saturated carbocycles. The van der Waals surface area contributed by atoms with Gasteiger partial charge in [0, 0.05) is 10.0 Å². The Morgan fingerprint density at radius 2 is 1.89 bits per heavy atom. The Morgan fingerprint density at radius 1 is 1.17 bits per heavy atom. The van der Waals surface area contributed by atoms with Crippen LogP contribution in [0.3, 0.4) is 0 Å². The Hall–Kier alpha value is -1.27. The molecule has 1 aromatic carbocycles. The van der Waals surface area contributed by atoms with Crippen LogP contribution in [0.1, 0.15) is 22.8 Å². The van der Waals surface area contributed by atoms with Crippen molar-refractivity contribution in [2.24, 2.45) is 0 Å². The summed E-state index contributed by atoms with van der Waals surface area (Å²) in [6, 6.07) is 5.11. The summed E-state index contributed by atoms with van der Waals surface area (Å²) < 4.78 is 42.8. The molecular formula is C12H8BrF3O2. The van der Waals surface area contributed by atoms with Gasteiger partial charge in [-0.25, -0.2) is 0 Å². The molecule has 0 bridgehead atoms. The van der Waals surface area contributed by atoms with Gasteiger partial charge in [-0.3, -0.25) is 0 Å². The van der Waals surface area contributed by atoms with E-state index >= 15 is 0 Å². The van der Waals surface area contributed by atoms with Crippen LogP contribution in [0, 0.1) is 0 Å². The lowest BCUT2D eigenvalue weighted by Gasteiger charge is -2.14. The number of furan rings is 1. The molecule has 2 rings (SSSR count). The van der Waals surface area contributed by atoms with Crippen molar-refractivity contribution in [2.45, 2.75) is 12.3 Å². The van der Waals surface area contributed by atoms with Gasteiger partial charge >= 0.3 is 6.18 Å². The first-order chi connectivity index (χ1) is 8.39. The Bertz CT molecular complexity index is 535. The molecule has 1 aromatic heterocycles. The van der Waals surface area contributed by atoms with Crippen molar-refractivity contribution in [1.29, 1.82) is 0 Å². The van der Waals surface area contributed by atoms with Crippen molar-refractivity contribution < 1.29 is 22.7 Å². The minimum Gasteiger partial charge on any atom is -0.472 e. The number of alkyl halides is 3. The van der Waals surface area contributed by atoms with Crippen molar-refractivity contribution in [1.82, 2.24) is 0 Å². The number of aliphatic hydroxyl groups is 1. The topological polar surface area (TPSA) is 33.4 Å². The highest BCUT2D eigenvalue weighted by Crippen LogP contribution is 2.37. The van der Waals surface area contributed by atoms with Gasteiger partial charge in [0.1, 0.15) is 6.10 Å². The molecule has 1 N–H and O–H groups in total. The zero-order valence-corrected chi connectivity index (χ0v) is 10.5. The summed E-state index contributed by atoms with van der Waals surface area (Å²) in [4.78, 5) is 0. The third-order valence-corrected chi connectivity index (χ3v) is 3.16. The molecule has 96 valence electrons. The summed E-state index contributed by atoms with van der Waals surface area (Å²) in [5.41, 5.74) is -0.250. The Labute approximate surface area is 109 Å². The minimum atomic E-state index is -4.47. The average Bonchev–Trinajstić information content (AvgIpc) is 2.80. The SMILES string of the molecule is OC(c1ccoc1)c1ccc(Br)c(C(F)(F)F)c1. The van der Waals surface area contributed by atoms with Gasteiger partial charge in [-0.05, 0) is 23.8 Å². The summed E-state index contributed by atoms with van der Waals surface area (Å²) >= 11 is 2.84. The highest BCUT2D eigenvalue weighted by Gasteiger charge is 2.33. The maximum Gasteiger partial charge on any atom is 0.417 e. The summed E-state index contributed by atoms with van der Waals surface area (Å²) in [6.07, 6.45) is -2.97. The second kappa shape index (κ2) is 4.78. The molecular weight excluding hydrogens is 313 g/mol. The quantitative estimate of drug-likeness (QED) is 0.902. The first-order valence-corrected chi connectivity index (χ1v) is 5.75. The highest BCUT2D eigenvalue weighted by atomic mass is 79.9. The molecule has 0 spiro atoms. The lowest BCUT2D eigenvalue weighted by atomic mass is 10.0. The molecule has 1 heterocycles. The van der Waals surface area contributed by atoms with Crippen LogP contribution in [0.4, 0.5) is 13.2 Å². The fourth-order valence-electron chi connectivity index (χ4n) is 1.55. The minimum absolute atomic E-state index is 0.0573. The average molecular weight is 321 g/mol. The molecule has 6 heteroatoms. The van der Waals surface area contributed by atoms with Crippen molar-refractivity contribution in [2.75, 3.05) is 0 Å². The van der Waals surface area contributed by atoms with E-state index in [0.29, 0.717) is 5.56 Å². The lowest BCUT2D eigenvalue weighted by molar-refractivity contribution is -0.138. The first-order valence-electron chi connectivity index (χ1n) is 4.96. The number of rotatable bonds is 2. The van der Waals surface area contributed by atoms with E-state index in [-0.39, 0.29) is 10.0 Å². The number of benzene rings is 1. The molecule has 2 nitrogen and oxygen atoms in total. The zero-order valence-electron chi connectivity index (χ0n) is 8.91. The standard InChI is InChI=1S/C12H8BrF3O2/c13-10-2-1-7(5-9(10)12(14,15)16)11(17)8-3-4-18-6-8/h1-6,11,17H. The molecule has 1 atom stereocenters. The van der Waals surface area contributed by atoms with Crippen molar-refractivity contribution in [3.8, 4) is 0 Å². The van der Waals surface area contributed by atoms with E-state index in [1.807, 2.05) is 0 Å². The van der Waals surface area contributed by atoms with Crippen LogP contribution < -0.4 is 0 Å². The number of aliphatic hydroxyl groups excluding tert-OH is 1. The lowest BCUT2D eigenvalue weighted by Crippen LogP contribution is -2.08. The molecule has 0 amide bonds. The van der Waals surface area contributed by atoms with Gasteiger partial charge in [-0.15, -0.1) is 0 Å². The smallest absolute Gasteiger partial charge is 0.417 e. The molecule has 0 saturated heterocycles. The van der Waals surface area contributed by atoms with Crippen LogP contribution in [0.25, 0.3) is 0 Å². The van der Waals surface area contributed by atoms with E-state index in [1.54, 1.807) is 0 Å². The molecule has 0 aliphatic carbocycles. The Morgan fingerprint density at radius 3 is 2.44 bits per heavy atom. The van der Waals surface area contributed by atoms with E-state index in [9.17, 15) is 18.3 Å². The summed E-state index contributed by atoms with van der Waals surface area (Å²) in [5.74, 6) is 0. The van der Waals surface area contributed by atoms with Crippen LogP contribution in [-0.2, 0) is 6.18 Å². The second-order valence-electron chi connectivity index (χ2n) is 3.70. The molecule has 18 heavy (non-hydrogen) atoms. The fourth-order valence-corrected chi connectivity index (χ4v) is 2.02. The van der Waals surface area contributed by atoms with Crippen molar-refractivity contribution in [3.05, 3.63) is 58.0 Å². The van der Waals surface area contributed by atoms with E-state index in [2.05, 4.69) is 15.9 Å². The van der Waals surface area contributed by atoms with Gasteiger partial charge in [0.25, 0.3) is 0 Å². The van der Waals surface area contributed by atoms with Crippen LogP contribution in [0.2, 0.25) is 0 Å². The maximum atomic E-state index is 12.7. The van der Waals surface area contributed by atoms with Gasteiger partial charge in [-0.2, -0.15) is 13.2 Å². The van der Waals surface area contributed by atoms with Crippen LogP contribution in [0.5, 0.6) is 0 Å². The van der Waals surface area contributed by atoms with Gasteiger partial charge in [0.15, 0.2) is 0 Å². The van der Waals surface area contributed by atoms with E-state index in [1.165, 1.54) is 30.7 Å². The van der Waals surface area contributed by atoms with Crippen molar-refractivity contribution in [3.63, 3.8) is 0 Å². The van der Waals surface area contributed by atoms with E-state index in [0.717, 1.165) is 6.07 Å². The molecule has 0 radical (unpaired) electrons. The summed E-state index contributed by atoms with van der Waals surface area (Å²) in [5, 5.41) is 9.92. The first kappa shape index (κ1) is 13.2. The largest absolute Gasteiger partial charge is 0.472 e. The van der Waals surface area contributed by atoms with Crippen molar-refractivity contribution >= 4 is 15.9 Å². The highest BCUT2D eigenvalue weighted by molar-refractivity contribution is 9.10. The molecule has 0 fully saturated rings. The number of hydrogen-bond acceptors (Lipinski definition) is 2. The van der Waals surface area contributed by atoms with Gasteiger partial charge in [-0.1, -0.05) is 22.0 Å². The number of hydrogen-bond donors (Lipinski definition) is 1. The third-order valence-electron chi connectivity index (χ3n) is 2.47. The third kappa shape index (κ3) is 2.59. The molecule has 2 aromatic rings. The van der Waals surface area contributed by atoms with E-state index < -0.39 is 17.8 Å². The molecule has 0 aliphatic heterocycles. The monoisotopic (exact) mass is 320 g/mol. The second-order valence-corrected chi connectivity index (χ2v) is 4.55. The van der Waals surface area contributed by atoms with Crippen LogP contribution in [-0.4, -0.2) is 5.11 Å². The van der Waals surface area contributed by atoms with Gasteiger partial charge in [0.05, 0.1) is 18.1 Å². The number of halogens is 4. The Balaban J connectivity index is 2.42. The predicted octanol–water partition coefficient (Wildman–Crippen LogP) is 4.14. The van der Waals surface area contributed by atoms with Gasteiger partial charge in [0.2, 0.25) is 0 Å². The Kier molecular flexibility index (Phi) is 3.49.